The van der Waals surface area contributed by atoms with Crippen molar-refractivity contribution in [3.63, 3.8) is 0 Å². The number of nitrogens with zero attached hydrogens (tertiary/aromatic N) is 1. The van der Waals surface area contributed by atoms with Crippen molar-refractivity contribution in [2.75, 3.05) is 18.5 Å². The van der Waals surface area contributed by atoms with Gasteiger partial charge in [-0.3, -0.25) is 14.9 Å². The van der Waals surface area contributed by atoms with E-state index in [1.807, 2.05) is 13.8 Å². The van der Waals surface area contributed by atoms with Gasteiger partial charge >= 0.3 is 0 Å². The van der Waals surface area contributed by atoms with E-state index in [4.69, 9.17) is 9.47 Å². The summed E-state index contributed by atoms with van der Waals surface area (Å²) in [6.07, 6.45) is 2.91. The van der Waals surface area contributed by atoms with Crippen molar-refractivity contribution >= 4 is 23.4 Å². The number of rotatable bonds is 8. The largest absolute Gasteiger partial charge is 0.490 e. The average Bonchev–Trinajstić information content (AvgIpc) is 2.62. The number of carbonyl (C=O) groups is 1. The Balaban J connectivity index is 2.13. The topological polar surface area (TPSA) is 90.7 Å². The van der Waals surface area contributed by atoms with E-state index in [2.05, 4.69) is 5.32 Å². The number of amides is 1. The van der Waals surface area contributed by atoms with Gasteiger partial charge < -0.3 is 14.8 Å². The highest BCUT2D eigenvalue weighted by atomic mass is 16.6. The highest BCUT2D eigenvalue weighted by Crippen LogP contribution is 2.29. The molecule has 1 N–H and O–H groups in total. The molecule has 0 aliphatic heterocycles. The van der Waals surface area contributed by atoms with Gasteiger partial charge in [0, 0.05) is 12.1 Å². The van der Waals surface area contributed by atoms with Crippen LogP contribution in [0.25, 0.3) is 6.08 Å². The van der Waals surface area contributed by atoms with Gasteiger partial charge in [-0.2, -0.15) is 0 Å². The van der Waals surface area contributed by atoms with Crippen LogP contribution in [0.15, 0.2) is 48.5 Å². The van der Waals surface area contributed by atoms with E-state index in [9.17, 15) is 14.9 Å². The highest BCUT2D eigenvalue weighted by molar-refractivity contribution is 6.03. The zero-order chi connectivity index (χ0) is 18.9. The molecule has 7 heteroatoms. The smallest absolute Gasteiger partial charge is 0.292 e. The molecule has 0 aliphatic rings. The predicted molar refractivity (Wildman–Crippen MR) is 99.5 cm³/mol. The molecule has 0 unspecified atom stereocenters. The molecular weight excluding hydrogens is 336 g/mol. The Bertz CT molecular complexity index is 817. The number of ether oxygens (including phenoxy) is 2. The summed E-state index contributed by atoms with van der Waals surface area (Å²) in [5.74, 6) is 0.762. The number of nitro benzene ring substituents is 1. The van der Waals surface area contributed by atoms with E-state index in [-0.39, 0.29) is 11.4 Å². The lowest BCUT2D eigenvalue weighted by atomic mass is 10.2. The lowest BCUT2D eigenvalue weighted by Crippen LogP contribution is -2.09. The zero-order valence-electron chi connectivity index (χ0n) is 14.6. The van der Waals surface area contributed by atoms with Gasteiger partial charge in [0.2, 0.25) is 5.91 Å². The van der Waals surface area contributed by atoms with Crippen molar-refractivity contribution in [3.05, 3.63) is 64.2 Å². The summed E-state index contributed by atoms with van der Waals surface area (Å²) in [6.45, 7) is 4.77. The van der Waals surface area contributed by atoms with E-state index in [0.29, 0.717) is 24.7 Å². The van der Waals surface area contributed by atoms with Crippen LogP contribution >= 0.6 is 0 Å². The summed E-state index contributed by atoms with van der Waals surface area (Å²) in [6, 6.07) is 11.3. The summed E-state index contributed by atoms with van der Waals surface area (Å²) in [7, 11) is 0. The van der Waals surface area contributed by atoms with E-state index in [1.165, 1.54) is 18.2 Å². The summed E-state index contributed by atoms with van der Waals surface area (Å²) >= 11 is 0. The first-order chi connectivity index (χ1) is 12.5. The minimum atomic E-state index is -0.542. The van der Waals surface area contributed by atoms with Gasteiger partial charge in [0.25, 0.3) is 5.69 Å². The van der Waals surface area contributed by atoms with Gasteiger partial charge in [-0.05, 0) is 43.7 Å². The molecule has 136 valence electrons. The quantitative estimate of drug-likeness (QED) is 0.438. The fourth-order valence-electron chi connectivity index (χ4n) is 2.26. The average molecular weight is 356 g/mol. The molecule has 0 bridgehead atoms. The van der Waals surface area contributed by atoms with Crippen molar-refractivity contribution in [2.24, 2.45) is 0 Å². The molecule has 0 saturated heterocycles. The van der Waals surface area contributed by atoms with Crippen LogP contribution in [-0.4, -0.2) is 24.0 Å². The molecule has 1 amide bonds. The van der Waals surface area contributed by atoms with Crippen LogP contribution in [0.3, 0.4) is 0 Å². The molecule has 0 aromatic heterocycles. The lowest BCUT2D eigenvalue weighted by Gasteiger charge is -2.11. The normalized spacial score (nSPS) is 10.5. The van der Waals surface area contributed by atoms with Crippen LogP contribution in [0.2, 0.25) is 0 Å². The van der Waals surface area contributed by atoms with Crippen molar-refractivity contribution in [1.82, 2.24) is 0 Å². The Kier molecular flexibility index (Phi) is 6.73. The van der Waals surface area contributed by atoms with Crippen LogP contribution in [0.4, 0.5) is 11.4 Å². The number of nitro groups is 1. The van der Waals surface area contributed by atoms with E-state index in [1.54, 1.807) is 36.4 Å². The molecular formula is C19H20N2O5. The number of anilines is 1. The first-order valence-corrected chi connectivity index (χ1v) is 8.17. The van der Waals surface area contributed by atoms with E-state index >= 15 is 0 Å². The molecule has 0 radical (unpaired) electrons. The van der Waals surface area contributed by atoms with Crippen LogP contribution in [-0.2, 0) is 4.79 Å². The first-order valence-electron chi connectivity index (χ1n) is 8.17. The maximum Gasteiger partial charge on any atom is 0.292 e. The van der Waals surface area contributed by atoms with Crippen molar-refractivity contribution < 1.29 is 19.2 Å². The van der Waals surface area contributed by atoms with Crippen molar-refractivity contribution in [1.29, 1.82) is 0 Å². The second-order valence-electron chi connectivity index (χ2n) is 5.17. The Morgan fingerprint density at radius 3 is 2.50 bits per heavy atom. The number of hydrogen-bond acceptors (Lipinski definition) is 5. The van der Waals surface area contributed by atoms with Gasteiger partial charge in [-0.15, -0.1) is 0 Å². The van der Waals surface area contributed by atoms with Gasteiger partial charge in [-0.25, -0.2) is 0 Å². The lowest BCUT2D eigenvalue weighted by molar-refractivity contribution is -0.383. The molecule has 0 saturated carbocycles. The molecule has 2 rings (SSSR count). The predicted octanol–water partition coefficient (Wildman–Crippen LogP) is 4.04. The van der Waals surface area contributed by atoms with E-state index < -0.39 is 10.8 Å². The molecule has 0 aliphatic carbocycles. The van der Waals surface area contributed by atoms with E-state index in [0.717, 1.165) is 5.56 Å². The minimum Gasteiger partial charge on any atom is -0.490 e. The van der Waals surface area contributed by atoms with Gasteiger partial charge in [-0.1, -0.05) is 18.2 Å². The van der Waals surface area contributed by atoms with Crippen molar-refractivity contribution in [3.8, 4) is 11.5 Å². The molecule has 0 atom stereocenters. The molecule has 0 fully saturated rings. The third kappa shape index (κ3) is 5.07. The summed E-state index contributed by atoms with van der Waals surface area (Å²) in [5.41, 5.74) is 0.734. The highest BCUT2D eigenvalue weighted by Gasteiger charge is 2.13. The Morgan fingerprint density at radius 2 is 1.81 bits per heavy atom. The maximum atomic E-state index is 12.1. The number of hydrogen-bond donors (Lipinski definition) is 1. The van der Waals surface area contributed by atoms with Crippen LogP contribution < -0.4 is 14.8 Å². The number of carbonyl (C=O) groups excluding carboxylic acids is 1. The molecule has 2 aromatic carbocycles. The number of nitrogens with one attached hydrogen (secondary N) is 1. The van der Waals surface area contributed by atoms with Crippen LogP contribution in [0.5, 0.6) is 11.5 Å². The number of benzene rings is 2. The summed E-state index contributed by atoms with van der Waals surface area (Å²) in [4.78, 5) is 22.5. The zero-order valence-corrected chi connectivity index (χ0v) is 14.6. The standard InChI is InChI=1S/C19H20N2O5/c1-3-25-17-11-9-14(13-18(17)26-4-2)10-12-19(22)20-15-7-5-6-8-16(15)21(23)24/h5-13H,3-4H2,1-2H3,(H,20,22)/b12-10+. The Labute approximate surface area is 151 Å². The summed E-state index contributed by atoms with van der Waals surface area (Å²) in [5, 5.41) is 13.5. The fourth-order valence-corrected chi connectivity index (χ4v) is 2.26. The fraction of sp³-hybridized carbons (Fsp3) is 0.211. The molecule has 0 heterocycles. The first kappa shape index (κ1) is 19.0. The summed E-state index contributed by atoms with van der Waals surface area (Å²) < 4.78 is 11.0. The Morgan fingerprint density at radius 1 is 1.12 bits per heavy atom. The second-order valence-corrected chi connectivity index (χ2v) is 5.17. The SMILES string of the molecule is CCOc1ccc(/C=C/C(=O)Nc2ccccc2[N+](=O)[O-])cc1OCC. The number of para-hydroxylation sites is 2. The molecule has 7 nitrogen and oxygen atoms in total. The maximum absolute atomic E-state index is 12.1. The molecule has 26 heavy (non-hydrogen) atoms. The minimum absolute atomic E-state index is 0.147. The third-order valence-corrected chi connectivity index (χ3v) is 3.35. The Hall–Kier alpha value is -3.35. The van der Waals surface area contributed by atoms with Crippen LogP contribution in [0.1, 0.15) is 19.4 Å². The monoisotopic (exact) mass is 356 g/mol. The van der Waals surface area contributed by atoms with Crippen molar-refractivity contribution in [2.45, 2.75) is 13.8 Å². The molecule has 0 spiro atoms. The van der Waals surface area contributed by atoms with Gasteiger partial charge in [0.05, 0.1) is 18.1 Å². The third-order valence-electron chi connectivity index (χ3n) is 3.35. The van der Waals surface area contributed by atoms with Gasteiger partial charge in [0.15, 0.2) is 11.5 Å². The van der Waals surface area contributed by atoms with Gasteiger partial charge in [0.1, 0.15) is 5.69 Å². The second kappa shape index (κ2) is 9.22. The van der Waals surface area contributed by atoms with Crippen LogP contribution in [0, 0.1) is 10.1 Å². The molecule has 2 aromatic rings.